The van der Waals surface area contributed by atoms with Crippen molar-refractivity contribution in [3.63, 3.8) is 0 Å². The van der Waals surface area contributed by atoms with Crippen LogP contribution in [-0.2, 0) is 9.59 Å². The topological polar surface area (TPSA) is 96.5 Å². The first-order chi connectivity index (χ1) is 20.3. The molecule has 4 aromatic rings. The van der Waals surface area contributed by atoms with Crippen LogP contribution in [0.2, 0.25) is 0 Å². The first-order valence-electron chi connectivity index (χ1n) is 13.6. The van der Waals surface area contributed by atoms with E-state index in [2.05, 4.69) is 16.0 Å². The number of nitrogens with one attached hydrogen (secondary N) is 3. The van der Waals surface area contributed by atoms with Crippen LogP contribution in [0.1, 0.15) is 35.3 Å². The van der Waals surface area contributed by atoms with Crippen LogP contribution in [0.3, 0.4) is 0 Å². The summed E-state index contributed by atoms with van der Waals surface area (Å²) in [5.41, 5.74) is 3.50. The highest BCUT2D eigenvalue weighted by molar-refractivity contribution is 8.00. The molecule has 214 valence electrons. The summed E-state index contributed by atoms with van der Waals surface area (Å²) in [4.78, 5) is 40.1. The molecule has 0 aliphatic rings. The maximum atomic E-state index is 13.5. The lowest BCUT2D eigenvalue weighted by atomic mass is 10.1. The highest BCUT2D eigenvalue weighted by atomic mass is 32.2. The van der Waals surface area contributed by atoms with Crippen LogP contribution >= 0.6 is 11.8 Å². The zero-order chi connectivity index (χ0) is 29.9. The third-order valence-electron chi connectivity index (χ3n) is 6.14. The molecule has 0 saturated carbocycles. The van der Waals surface area contributed by atoms with E-state index in [-0.39, 0.29) is 16.9 Å². The van der Waals surface area contributed by atoms with E-state index >= 15 is 0 Å². The van der Waals surface area contributed by atoms with Gasteiger partial charge < -0.3 is 20.7 Å². The van der Waals surface area contributed by atoms with Gasteiger partial charge >= 0.3 is 0 Å². The van der Waals surface area contributed by atoms with Crippen molar-refractivity contribution >= 4 is 46.9 Å². The van der Waals surface area contributed by atoms with E-state index in [0.717, 1.165) is 16.1 Å². The largest absolute Gasteiger partial charge is 0.493 e. The quantitative estimate of drug-likeness (QED) is 0.132. The molecule has 0 spiro atoms. The summed E-state index contributed by atoms with van der Waals surface area (Å²) in [6.07, 6.45) is 1.59. The maximum Gasteiger partial charge on any atom is 0.272 e. The van der Waals surface area contributed by atoms with Crippen molar-refractivity contribution in [2.75, 3.05) is 17.2 Å². The number of amides is 3. The van der Waals surface area contributed by atoms with E-state index in [9.17, 15) is 14.4 Å². The summed E-state index contributed by atoms with van der Waals surface area (Å²) in [5.74, 6) is -0.447. The van der Waals surface area contributed by atoms with Gasteiger partial charge in [0.25, 0.3) is 11.8 Å². The minimum absolute atomic E-state index is 0.0555. The van der Waals surface area contributed by atoms with E-state index in [4.69, 9.17) is 4.74 Å². The molecule has 0 bridgehead atoms. The molecule has 7 nitrogen and oxygen atoms in total. The number of hydrogen-bond donors (Lipinski definition) is 3. The van der Waals surface area contributed by atoms with Gasteiger partial charge in [-0.2, -0.15) is 0 Å². The van der Waals surface area contributed by atoms with E-state index in [1.807, 2.05) is 75.4 Å². The van der Waals surface area contributed by atoms with Crippen molar-refractivity contribution in [2.24, 2.45) is 0 Å². The zero-order valence-electron chi connectivity index (χ0n) is 23.7. The normalized spacial score (nSPS) is 11.7. The Kier molecular flexibility index (Phi) is 10.6. The van der Waals surface area contributed by atoms with Gasteiger partial charge in [-0.25, -0.2) is 0 Å². The van der Waals surface area contributed by atoms with Crippen LogP contribution in [0.4, 0.5) is 11.4 Å². The predicted octanol–water partition coefficient (Wildman–Crippen LogP) is 6.92. The van der Waals surface area contributed by atoms with Gasteiger partial charge in [-0.15, -0.1) is 11.8 Å². The van der Waals surface area contributed by atoms with Gasteiger partial charge in [-0.1, -0.05) is 60.2 Å². The molecule has 3 amide bonds. The minimum atomic E-state index is -0.502. The summed E-state index contributed by atoms with van der Waals surface area (Å²) < 4.78 is 5.72. The number of aryl methyl sites for hydroxylation is 1. The standard InChI is InChI=1S/C34H33N3O4S/c1-4-41-31-16-9-8-13-26(31)21-30(37-33(39)25-11-6-5-7-12-25)34(40)36-28-14-10-15-29(22-28)42-24(3)32(38)35-27-19-17-23(2)18-20-27/h5-22,24H,4H2,1-3H3,(H,35,38)(H,36,40)(H,37,39)/b30-21+. The van der Waals surface area contributed by atoms with Gasteiger partial charge in [-0.3, -0.25) is 14.4 Å². The number of thioether (sulfide) groups is 1. The van der Waals surface area contributed by atoms with Crippen molar-refractivity contribution < 1.29 is 19.1 Å². The second-order valence-electron chi connectivity index (χ2n) is 9.45. The fourth-order valence-electron chi connectivity index (χ4n) is 3.97. The van der Waals surface area contributed by atoms with E-state index in [0.29, 0.717) is 29.2 Å². The Labute approximate surface area is 250 Å². The van der Waals surface area contributed by atoms with Crippen LogP contribution in [0, 0.1) is 6.92 Å². The Morgan fingerprint density at radius 2 is 1.55 bits per heavy atom. The third-order valence-corrected chi connectivity index (χ3v) is 7.23. The predicted molar refractivity (Wildman–Crippen MR) is 170 cm³/mol. The Morgan fingerprint density at radius 1 is 0.833 bits per heavy atom. The number of para-hydroxylation sites is 1. The Balaban J connectivity index is 1.51. The van der Waals surface area contributed by atoms with E-state index in [1.54, 1.807) is 54.6 Å². The fourth-order valence-corrected chi connectivity index (χ4v) is 4.90. The molecule has 4 rings (SSSR count). The molecule has 3 N–H and O–H groups in total. The highest BCUT2D eigenvalue weighted by Crippen LogP contribution is 2.27. The average Bonchev–Trinajstić information content (AvgIpc) is 2.99. The molecule has 1 unspecified atom stereocenters. The van der Waals surface area contributed by atoms with Crippen LogP contribution in [0.25, 0.3) is 6.08 Å². The first kappa shape index (κ1) is 30.1. The fraction of sp³-hybridized carbons (Fsp3) is 0.147. The molecule has 8 heteroatoms. The van der Waals surface area contributed by atoms with Crippen molar-refractivity contribution in [3.05, 3.63) is 126 Å². The third kappa shape index (κ3) is 8.59. The highest BCUT2D eigenvalue weighted by Gasteiger charge is 2.18. The van der Waals surface area contributed by atoms with Crippen LogP contribution in [0.15, 0.2) is 114 Å². The number of ether oxygens (including phenoxy) is 1. The number of rotatable bonds is 11. The summed E-state index contributed by atoms with van der Waals surface area (Å²) >= 11 is 1.38. The van der Waals surface area contributed by atoms with Crippen molar-refractivity contribution in [3.8, 4) is 5.75 Å². The summed E-state index contributed by atoms with van der Waals surface area (Å²) in [6.45, 7) is 6.15. The lowest BCUT2D eigenvalue weighted by Gasteiger charge is -2.15. The Morgan fingerprint density at radius 3 is 2.29 bits per heavy atom. The summed E-state index contributed by atoms with van der Waals surface area (Å²) in [5, 5.41) is 8.19. The molecule has 0 fully saturated rings. The molecule has 4 aromatic carbocycles. The van der Waals surface area contributed by atoms with E-state index in [1.165, 1.54) is 11.8 Å². The van der Waals surface area contributed by atoms with E-state index < -0.39 is 11.8 Å². The molecule has 0 aliphatic carbocycles. The molecule has 42 heavy (non-hydrogen) atoms. The molecule has 0 aromatic heterocycles. The minimum Gasteiger partial charge on any atom is -0.493 e. The number of benzene rings is 4. The average molecular weight is 580 g/mol. The van der Waals surface area contributed by atoms with Crippen molar-refractivity contribution in [1.82, 2.24) is 5.32 Å². The van der Waals surface area contributed by atoms with Gasteiger partial charge in [-0.05, 0) is 75.4 Å². The monoisotopic (exact) mass is 579 g/mol. The Bertz CT molecular complexity index is 1570. The summed E-state index contributed by atoms with van der Waals surface area (Å²) in [6, 6.07) is 30.8. The Hall–Kier alpha value is -4.82. The molecule has 1 atom stereocenters. The van der Waals surface area contributed by atoms with Crippen molar-refractivity contribution in [1.29, 1.82) is 0 Å². The number of carbonyl (C=O) groups excluding carboxylic acids is 3. The van der Waals surface area contributed by atoms with Gasteiger partial charge in [0.2, 0.25) is 5.91 Å². The lowest BCUT2D eigenvalue weighted by Crippen LogP contribution is -2.30. The second-order valence-corrected chi connectivity index (χ2v) is 10.9. The molecule has 0 saturated heterocycles. The molecular formula is C34H33N3O4S. The second kappa shape index (κ2) is 14.7. The lowest BCUT2D eigenvalue weighted by molar-refractivity contribution is -0.115. The SMILES string of the molecule is CCOc1ccccc1/C=C(/NC(=O)c1ccccc1)C(=O)Nc1cccc(SC(C)C(=O)Nc2ccc(C)cc2)c1. The number of hydrogen-bond acceptors (Lipinski definition) is 5. The molecule has 0 radical (unpaired) electrons. The smallest absolute Gasteiger partial charge is 0.272 e. The van der Waals surface area contributed by atoms with Gasteiger partial charge in [0.05, 0.1) is 11.9 Å². The van der Waals surface area contributed by atoms with Crippen molar-refractivity contribution in [2.45, 2.75) is 30.9 Å². The van der Waals surface area contributed by atoms with Crippen LogP contribution in [0.5, 0.6) is 5.75 Å². The summed E-state index contributed by atoms with van der Waals surface area (Å²) in [7, 11) is 0. The maximum absolute atomic E-state index is 13.5. The first-order valence-corrected chi connectivity index (χ1v) is 14.5. The van der Waals surface area contributed by atoms with Gasteiger partial charge in [0.15, 0.2) is 0 Å². The molecule has 0 aliphatic heterocycles. The number of carbonyl (C=O) groups is 3. The van der Waals surface area contributed by atoms with Gasteiger partial charge in [0, 0.05) is 27.4 Å². The number of anilines is 2. The van der Waals surface area contributed by atoms with Crippen LogP contribution < -0.4 is 20.7 Å². The zero-order valence-corrected chi connectivity index (χ0v) is 24.5. The van der Waals surface area contributed by atoms with Crippen LogP contribution in [-0.4, -0.2) is 29.6 Å². The molecule has 0 heterocycles. The molecular weight excluding hydrogens is 546 g/mol. The van der Waals surface area contributed by atoms with Gasteiger partial charge in [0.1, 0.15) is 11.4 Å².